The molecule has 0 radical (unpaired) electrons. The van der Waals surface area contributed by atoms with Gasteiger partial charge in [-0.1, -0.05) is 12.8 Å². The van der Waals surface area contributed by atoms with Gasteiger partial charge in [0.15, 0.2) is 0 Å². The lowest BCUT2D eigenvalue weighted by Crippen LogP contribution is -2.36. The fourth-order valence-electron chi connectivity index (χ4n) is 3.08. The first-order chi connectivity index (χ1) is 10.3. The van der Waals surface area contributed by atoms with Crippen LogP contribution in [0.3, 0.4) is 0 Å². The second-order valence-electron chi connectivity index (χ2n) is 5.40. The molecule has 3 rings (SSSR count). The van der Waals surface area contributed by atoms with Gasteiger partial charge in [0.1, 0.15) is 10.6 Å². The topological polar surface area (TPSA) is 61.3 Å². The predicted octanol–water partition coefficient (Wildman–Crippen LogP) is 2.86. The standard InChI is InChI=1S/C15H22N4OS/c1-2-16-15-17-13(12-7-10-21-14(12)18-15)19(8-9-20)11-5-3-4-6-11/h7,10-11,20H,2-6,8-9H2,1H3,(H,16,17,18). The van der Waals surface area contributed by atoms with Gasteiger partial charge < -0.3 is 15.3 Å². The maximum Gasteiger partial charge on any atom is 0.226 e. The van der Waals surface area contributed by atoms with Crippen LogP contribution < -0.4 is 10.2 Å². The molecule has 0 bridgehead atoms. The number of aliphatic hydroxyl groups is 1. The molecule has 6 heteroatoms. The van der Waals surface area contributed by atoms with Gasteiger partial charge in [-0.3, -0.25) is 0 Å². The molecule has 0 amide bonds. The third-order valence-corrected chi connectivity index (χ3v) is 4.82. The largest absolute Gasteiger partial charge is 0.395 e. The zero-order valence-electron chi connectivity index (χ0n) is 12.4. The van der Waals surface area contributed by atoms with E-state index in [1.165, 1.54) is 25.7 Å². The Hall–Kier alpha value is -1.40. The molecule has 0 saturated heterocycles. The lowest BCUT2D eigenvalue weighted by atomic mass is 10.2. The van der Waals surface area contributed by atoms with Gasteiger partial charge in [0.2, 0.25) is 5.95 Å². The molecule has 1 fully saturated rings. The number of fused-ring (bicyclic) bond motifs is 1. The first kappa shape index (κ1) is 14.5. The summed E-state index contributed by atoms with van der Waals surface area (Å²) in [6, 6.07) is 2.58. The van der Waals surface area contributed by atoms with Crippen LogP contribution in [0.25, 0.3) is 10.2 Å². The highest BCUT2D eigenvalue weighted by molar-refractivity contribution is 7.16. The average molecular weight is 306 g/mol. The Morgan fingerprint density at radius 2 is 2.19 bits per heavy atom. The molecule has 0 atom stereocenters. The van der Waals surface area contributed by atoms with Gasteiger partial charge in [-0.25, -0.2) is 4.98 Å². The molecule has 114 valence electrons. The fourth-order valence-corrected chi connectivity index (χ4v) is 3.84. The molecule has 2 aromatic heterocycles. The van der Waals surface area contributed by atoms with Crippen molar-refractivity contribution in [3.63, 3.8) is 0 Å². The molecular weight excluding hydrogens is 284 g/mol. The molecule has 0 aromatic carbocycles. The second kappa shape index (κ2) is 6.58. The average Bonchev–Trinajstić information content (AvgIpc) is 3.15. The van der Waals surface area contributed by atoms with E-state index in [0.29, 0.717) is 18.5 Å². The van der Waals surface area contributed by atoms with Gasteiger partial charge in [0.25, 0.3) is 0 Å². The van der Waals surface area contributed by atoms with Crippen LogP contribution in [0.2, 0.25) is 0 Å². The van der Waals surface area contributed by atoms with Crippen LogP contribution in [0.1, 0.15) is 32.6 Å². The van der Waals surface area contributed by atoms with Crippen molar-refractivity contribution in [2.24, 2.45) is 0 Å². The van der Waals surface area contributed by atoms with Crippen LogP contribution in [0, 0.1) is 0 Å². The van der Waals surface area contributed by atoms with Crippen LogP contribution in [-0.2, 0) is 0 Å². The maximum atomic E-state index is 9.46. The van der Waals surface area contributed by atoms with E-state index < -0.39 is 0 Å². The van der Waals surface area contributed by atoms with E-state index >= 15 is 0 Å². The molecule has 1 aliphatic carbocycles. The summed E-state index contributed by atoms with van der Waals surface area (Å²) in [7, 11) is 0. The smallest absolute Gasteiger partial charge is 0.226 e. The summed E-state index contributed by atoms with van der Waals surface area (Å²) in [5, 5.41) is 15.8. The van der Waals surface area contributed by atoms with Crippen molar-refractivity contribution in [1.29, 1.82) is 0 Å². The Morgan fingerprint density at radius 3 is 2.90 bits per heavy atom. The number of anilines is 2. The molecule has 1 saturated carbocycles. The summed E-state index contributed by atoms with van der Waals surface area (Å²) < 4.78 is 0. The zero-order valence-corrected chi connectivity index (χ0v) is 13.2. The lowest BCUT2D eigenvalue weighted by Gasteiger charge is -2.30. The first-order valence-corrected chi connectivity index (χ1v) is 8.58. The van der Waals surface area contributed by atoms with Crippen LogP contribution in [0.15, 0.2) is 11.4 Å². The van der Waals surface area contributed by atoms with Crippen LogP contribution in [0.5, 0.6) is 0 Å². The summed E-state index contributed by atoms with van der Waals surface area (Å²) in [5.41, 5.74) is 0. The van der Waals surface area contributed by atoms with Gasteiger partial charge in [-0.2, -0.15) is 4.98 Å². The highest BCUT2D eigenvalue weighted by atomic mass is 32.1. The predicted molar refractivity (Wildman–Crippen MR) is 88.3 cm³/mol. The van der Waals surface area contributed by atoms with Crippen molar-refractivity contribution in [2.75, 3.05) is 29.9 Å². The SMILES string of the molecule is CCNc1nc(N(CCO)C2CCCC2)c2ccsc2n1. The summed E-state index contributed by atoms with van der Waals surface area (Å²) in [5.74, 6) is 1.65. The Kier molecular flexibility index (Phi) is 4.55. The summed E-state index contributed by atoms with van der Waals surface area (Å²) in [4.78, 5) is 12.6. The van der Waals surface area contributed by atoms with Gasteiger partial charge in [-0.05, 0) is 31.2 Å². The van der Waals surface area contributed by atoms with Gasteiger partial charge in [-0.15, -0.1) is 11.3 Å². The van der Waals surface area contributed by atoms with Crippen molar-refractivity contribution in [3.8, 4) is 0 Å². The minimum Gasteiger partial charge on any atom is -0.395 e. The Balaban J connectivity index is 2.03. The Morgan fingerprint density at radius 1 is 1.38 bits per heavy atom. The van der Waals surface area contributed by atoms with E-state index in [4.69, 9.17) is 4.98 Å². The number of thiophene rings is 1. The molecule has 2 heterocycles. The van der Waals surface area contributed by atoms with Crippen molar-refractivity contribution in [2.45, 2.75) is 38.6 Å². The van der Waals surface area contributed by atoms with E-state index in [0.717, 1.165) is 22.6 Å². The molecular formula is C15H22N4OS. The van der Waals surface area contributed by atoms with Crippen LogP contribution in [0.4, 0.5) is 11.8 Å². The first-order valence-electron chi connectivity index (χ1n) is 7.70. The monoisotopic (exact) mass is 306 g/mol. The molecule has 21 heavy (non-hydrogen) atoms. The number of aromatic nitrogens is 2. The van der Waals surface area contributed by atoms with E-state index in [1.54, 1.807) is 11.3 Å². The van der Waals surface area contributed by atoms with Crippen molar-refractivity contribution in [1.82, 2.24) is 9.97 Å². The number of nitrogens with one attached hydrogen (secondary N) is 1. The van der Waals surface area contributed by atoms with Crippen LogP contribution in [-0.4, -0.2) is 40.8 Å². The minimum atomic E-state index is 0.155. The zero-order chi connectivity index (χ0) is 14.7. The normalized spacial score (nSPS) is 15.7. The quantitative estimate of drug-likeness (QED) is 0.859. The highest BCUT2D eigenvalue weighted by Crippen LogP contribution is 2.33. The highest BCUT2D eigenvalue weighted by Gasteiger charge is 2.25. The van der Waals surface area contributed by atoms with Crippen molar-refractivity contribution >= 4 is 33.3 Å². The van der Waals surface area contributed by atoms with Crippen molar-refractivity contribution < 1.29 is 5.11 Å². The summed E-state index contributed by atoms with van der Waals surface area (Å²) >= 11 is 1.64. The van der Waals surface area contributed by atoms with E-state index in [9.17, 15) is 5.11 Å². The number of rotatable bonds is 6. The lowest BCUT2D eigenvalue weighted by molar-refractivity contribution is 0.297. The molecule has 2 N–H and O–H groups in total. The fraction of sp³-hybridized carbons (Fsp3) is 0.600. The second-order valence-corrected chi connectivity index (χ2v) is 6.29. The number of nitrogens with zero attached hydrogens (tertiary/aromatic N) is 3. The molecule has 0 spiro atoms. The summed E-state index contributed by atoms with van der Waals surface area (Å²) in [6.07, 6.45) is 4.91. The third-order valence-electron chi connectivity index (χ3n) is 4.02. The van der Waals surface area contributed by atoms with Crippen LogP contribution >= 0.6 is 11.3 Å². The summed E-state index contributed by atoms with van der Waals surface area (Å²) in [6.45, 7) is 3.64. The van der Waals surface area contributed by atoms with E-state index in [1.807, 2.05) is 6.92 Å². The maximum absolute atomic E-state index is 9.46. The van der Waals surface area contributed by atoms with Gasteiger partial charge in [0, 0.05) is 19.1 Å². The molecule has 2 aromatic rings. The number of aliphatic hydroxyl groups excluding tert-OH is 1. The Bertz CT molecular complexity index is 594. The number of hydrogen-bond donors (Lipinski definition) is 2. The third kappa shape index (κ3) is 2.96. The van der Waals surface area contributed by atoms with Gasteiger partial charge in [0.05, 0.1) is 12.0 Å². The van der Waals surface area contributed by atoms with E-state index in [2.05, 4.69) is 26.6 Å². The van der Waals surface area contributed by atoms with E-state index in [-0.39, 0.29) is 6.61 Å². The molecule has 5 nitrogen and oxygen atoms in total. The van der Waals surface area contributed by atoms with Gasteiger partial charge >= 0.3 is 0 Å². The molecule has 1 aliphatic rings. The molecule has 0 unspecified atom stereocenters. The minimum absolute atomic E-state index is 0.155. The molecule has 0 aliphatic heterocycles. The Labute approximate surface area is 129 Å². The van der Waals surface area contributed by atoms with Crippen molar-refractivity contribution in [3.05, 3.63) is 11.4 Å². The number of hydrogen-bond acceptors (Lipinski definition) is 6.